The van der Waals surface area contributed by atoms with Crippen LogP contribution in [0.2, 0.25) is 0 Å². The summed E-state index contributed by atoms with van der Waals surface area (Å²) in [6, 6.07) is 2.72. The third kappa shape index (κ3) is 1.80. The van der Waals surface area contributed by atoms with Crippen LogP contribution in [0.3, 0.4) is 0 Å². The van der Waals surface area contributed by atoms with E-state index in [0.717, 1.165) is 0 Å². The molecule has 0 fully saturated rings. The van der Waals surface area contributed by atoms with E-state index in [0.29, 0.717) is 9.86 Å². The van der Waals surface area contributed by atoms with E-state index in [4.69, 9.17) is 5.11 Å². The van der Waals surface area contributed by atoms with E-state index in [1.54, 1.807) is 0 Å². The molecule has 0 amide bonds. The fraction of sp³-hybridized carbons (Fsp3) is 0. The summed E-state index contributed by atoms with van der Waals surface area (Å²) in [4.78, 5) is 21.0. The fourth-order valence-electron chi connectivity index (χ4n) is 0.887. The number of aldehydes is 1. The van der Waals surface area contributed by atoms with Crippen molar-refractivity contribution in [1.29, 1.82) is 0 Å². The van der Waals surface area contributed by atoms with Gasteiger partial charge in [-0.05, 0) is 34.7 Å². The number of phenolic OH excluding ortho intramolecular Hbond substituents is 1. The largest absolute Gasteiger partial charge is 0.506 e. The zero-order valence-electron chi connectivity index (χ0n) is 6.32. The van der Waals surface area contributed by atoms with Crippen molar-refractivity contribution in [2.24, 2.45) is 0 Å². The molecule has 0 bridgehead atoms. The number of aromatic carboxylic acids is 1. The van der Waals surface area contributed by atoms with Crippen LogP contribution in [0.15, 0.2) is 12.1 Å². The van der Waals surface area contributed by atoms with Crippen molar-refractivity contribution in [3.05, 3.63) is 26.8 Å². The molecule has 0 aliphatic carbocycles. The molecular formula is C8H5IO4. The van der Waals surface area contributed by atoms with Crippen molar-refractivity contribution < 1.29 is 19.8 Å². The number of carboxylic acids is 1. The Morgan fingerprint density at radius 3 is 2.54 bits per heavy atom. The summed E-state index contributed by atoms with van der Waals surface area (Å²) >= 11 is 1.81. The molecule has 0 saturated heterocycles. The number of phenols is 1. The number of aromatic hydroxyl groups is 1. The van der Waals surface area contributed by atoms with Crippen LogP contribution >= 0.6 is 22.6 Å². The van der Waals surface area contributed by atoms with Crippen molar-refractivity contribution in [1.82, 2.24) is 0 Å². The summed E-state index contributed by atoms with van der Waals surface area (Å²) in [6.07, 6.45) is 0.334. The molecule has 2 N–H and O–H groups in total. The Kier molecular flexibility index (Phi) is 2.86. The Bertz CT molecular complexity index is 373. The Hall–Kier alpha value is -1.11. The van der Waals surface area contributed by atoms with E-state index in [2.05, 4.69) is 0 Å². The van der Waals surface area contributed by atoms with E-state index in [9.17, 15) is 14.7 Å². The topological polar surface area (TPSA) is 74.6 Å². The quantitative estimate of drug-likeness (QED) is 0.640. The van der Waals surface area contributed by atoms with Gasteiger partial charge in [0.05, 0.1) is 14.7 Å². The van der Waals surface area contributed by atoms with Gasteiger partial charge in [0.2, 0.25) is 0 Å². The molecule has 0 aliphatic rings. The lowest BCUT2D eigenvalue weighted by molar-refractivity contribution is 0.0693. The second-order valence-electron chi connectivity index (χ2n) is 2.28. The van der Waals surface area contributed by atoms with Gasteiger partial charge in [0.25, 0.3) is 0 Å². The molecule has 1 rings (SSSR count). The average molecular weight is 292 g/mol. The van der Waals surface area contributed by atoms with Crippen LogP contribution in [0.1, 0.15) is 20.7 Å². The molecule has 13 heavy (non-hydrogen) atoms. The van der Waals surface area contributed by atoms with Gasteiger partial charge in [-0.1, -0.05) is 0 Å². The van der Waals surface area contributed by atoms with Gasteiger partial charge in [0, 0.05) is 0 Å². The lowest BCUT2D eigenvalue weighted by atomic mass is 10.1. The highest BCUT2D eigenvalue weighted by Crippen LogP contribution is 2.25. The first-order valence-electron chi connectivity index (χ1n) is 3.28. The fourth-order valence-corrected chi connectivity index (χ4v) is 1.36. The Labute approximate surface area is 87.3 Å². The number of benzene rings is 1. The standard InChI is InChI=1S/C8H5IO4/c9-6-2-1-4(8(12)13)5(3-10)7(6)11/h1-3,11H,(H,12,13). The Morgan fingerprint density at radius 1 is 1.46 bits per heavy atom. The van der Waals surface area contributed by atoms with Crippen LogP contribution in [0.5, 0.6) is 5.75 Å². The Balaban J connectivity index is 3.47. The molecule has 0 radical (unpaired) electrons. The average Bonchev–Trinajstić information content (AvgIpc) is 2.09. The van der Waals surface area contributed by atoms with Gasteiger partial charge >= 0.3 is 5.97 Å². The highest BCUT2D eigenvalue weighted by molar-refractivity contribution is 14.1. The van der Waals surface area contributed by atoms with E-state index >= 15 is 0 Å². The maximum absolute atomic E-state index is 10.6. The molecular weight excluding hydrogens is 287 g/mol. The molecule has 5 heteroatoms. The van der Waals surface area contributed by atoms with E-state index < -0.39 is 5.97 Å². The molecule has 0 unspecified atom stereocenters. The number of rotatable bonds is 2. The monoisotopic (exact) mass is 292 g/mol. The maximum atomic E-state index is 10.6. The predicted octanol–water partition coefficient (Wildman–Crippen LogP) is 1.51. The number of carboxylic acid groups (broad SMARTS) is 1. The van der Waals surface area contributed by atoms with Crippen molar-refractivity contribution in [2.75, 3.05) is 0 Å². The van der Waals surface area contributed by atoms with Crippen LogP contribution in [0, 0.1) is 3.57 Å². The highest BCUT2D eigenvalue weighted by atomic mass is 127. The lowest BCUT2D eigenvalue weighted by Crippen LogP contribution is -2.02. The molecule has 1 aromatic carbocycles. The summed E-state index contributed by atoms with van der Waals surface area (Å²) in [7, 11) is 0. The number of hydrogen-bond acceptors (Lipinski definition) is 3. The zero-order valence-corrected chi connectivity index (χ0v) is 8.48. The summed E-state index contributed by atoms with van der Waals surface area (Å²) in [5.74, 6) is -1.51. The smallest absolute Gasteiger partial charge is 0.336 e. The Morgan fingerprint density at radius 2 is 2.08 bits per heavy atom. The molecule has 0 spiro atoms. The summed E-state index contributed by atoms with van der Waals surface area (Å²) in [5.41, 5.74) is -0.368. The van der Waals surface area contributed by atoms with Gasteiger partial charge in [-0.25, -0.2) is 4.79 Å². The number of halogens is 1. The van der Waals surface area contributed by atoms with E-state index in [1.165, 1.54) is 12.1 Å². The van der Waals surface area contributed by atoms with Crippen molar-refractivity contribution in [3.8, 4) is 5.75 Å². The molecule has 1 aromatic rings. The van der Waals surface area contributed by atoms with Gasteiger partial charge in [-0.15, -0.1) is 0 Å². The molecule has 4 nitrogen and oxygen atoms in total. The maximum Gasteiger partial charge on any atom is 0.336 e. The second kappa shape index (κ2) is 3.73. The van der Waals surface area contributed by atoms with Gasteiger partial charge in [0.1, 0.15) is 5.75 Å². The van der Waals surface area contributed by atoms with Gasteiger partial charge in [-0.2, -0.15) is 0 Å². The first kappa shape index (κ1) is 9.97. The lowest BCUT2D eigenvalue weighted by Gasteiger charge is -2.03. The van der Waals surface area contributed by atoms with Crippen LogP contribution < -0.4 is 0 Å². The van der Waals surface area contributed by atoms with Crippen molar-refractivity contribution in [2.45, 2.75) is 0 Å². The van der Waals surface area contributed by atoms with Gasteiger partial charge in [0.15, 0.2) is 6.29 Å². The second-order valence-corrected chi connectivity index (χ2v) is 3.44. The predicted molar refractivity (Wildman–Crippen MR) is 53.2 cm³/mol. The minimum Gasteiger partial charge on any atom is -0.506 e. The van der Waals surface area contributed by atoms with Crippen molar-refractivity contribution in [3.63, 3.8) is 0 Å². The molecule has 0 aromatic heterocycles. The molecule has 68 valence electrons. The number of hydrogen-bond donors (Lipinski definition) is 2. The highest BCUT2D eigenvalue weighted by Gasteiger charge is 2.15. The van der Waals surface area contributed by atoms with Crippen LogP contribution in [0.25, 0.3) is 0 Å². The third-order valence-electron chi connectivity index (χ3n) is 1.52. The summed E-state index contributed by atoms with van der Waals surface area (Å²) in [6.45, 7) is 0. The third-order valence-corrected chi connectivity index (χ3v) is 2.39. The van der Waals surface area contributed by atoms with Crippen molar-refractivity contribution >= 4 is 34.8 Å². The normalized spacial score (nSPS) is 9.62. The van der Waals surface area contributed by atoms with E-state index in [-0.39, 0.29) is 16.9 Å². The number of carbonyl (C=O) groups excluding carboxylic acids is 1. The first-order chi connectivity index (χ1) is 6.07. The summed E-state index contributed by atoms with van der Waals surface area (Å²) in [5, 5.41) is 18.0. The van der Waals surface area contributed by atoms with Gasteiger partial charge in [-0.3, -0.25) is 4.79 Å². The van der Waals surface area contributed by atoms with E-state index in [1.807, 2.05) is 22.6 Å². The SMILES string of the molecule is O=Cc1c(C(=O)O)ccc(I)c1O. The van der Waals surface area contributed by atoms with Crippen LogP contribution in [-0.2, 0) is 0 Å². The molecule has 0 atom stereocenters. The van der Waals surface area contributed by atoms with Crippen LogP contribution in [0.4, 0.5) is 0 Å². The summed E-state index contributed by atoms with van der Waals surface area (Å²) < 4.78 is 0.449. The molecule has 0 heterocycles. The zero-order chi connectivity index (χ0) is 10.0. The van der Waals surface area contributed by atoms with Crippen LogP contribution in [-0.4, -0.2) is 22.5 Å². The van der Waals surface area contributed by atoms with Gasteiger partial charge < -0.3 is 10.2 Å². The minimum atomic E-state index is -1.23. The molecule has 0 saturated carbocycles. The molecule has 0 aliphatic heterocycles. The number of carbonyl (C=O) groups is 2. The minimum absolute atomic E-state index is 0.181. The first-order valence-corrected chi connectivity index (χ1v) is 4.35.